The maximum absolute atomic E-state index is 12.5. The molecule has 4 aliphatic rings. The summed E-state index contributed by atoms with van der Waals surface area (Å²) in [5, 5.41) is 16.6. The van der Waals surface area contributed by atoms with Gasteiger partial charge in [0.1, 0.15) is 0 Å². The van der Waals surface area contributed by atoms with Gasteiger partial charge in [0, 0.05) is 28.3 Å². The second-order valence-corrected chi connectivity index (χ2v) is 11.9. The van der Waals surface area contributed by atoms with E-state index in [1.54, 1.807) is 24.4 Å². The van der Waals surface area contributed by atoms with Crippen LogP contribution in [0.4, 0.5) is 10.5 Å². The Morgan fingerprint density at radius 3 is 2.28 bits per heavy atom. The van der Waals surface area contributed by atoms with Crippen molar-refractivity contribution in [2.75, 3.05) is 5.32 Å². The molecule has 2 aromatic carbocycles. The summed E-state index contributed by atoms with van der Waals surface area (Å²) in [6.45, 7) is 3.83. The van der Waals surface area contributed by atoms with Gasteiger partial charge in [0.15, 0.2) is 0 Å². The van der Waals surface area contributed by atoms with E-state index in [-0.39, 0.29) is 10.6 Å². The summed E-state index contributed by atoms with van der Waals surface area (Å²) in [5.41, 5.74) is 7.99. The molecule has 4 bridgehead atoms. The molecule has 0 radical (unpaired) electrons. The summed E-state index contributed by atoms with van der Waals surface area (Å²) in [6.07, 6.45) is 8.61. The lowest BCUT2D eigenvalue weighted by molar-refractivity contribution is -0.00277. The molecule has 7 rings (SSSR count). The van der Waals surface area contributed by atoms with E-state index in [1.807, 2.05) is 36.6 Å². The number of benzene rings is 2. The van der Waals surface area contributed by atoms with E-state index in [9.17, 15) is 14.7 Å². The van der Waals surface area contributed by atoms with Crippen molar-refractivity contribution in [3.63, 3.8) is 0 Å². The molecule has 4 saturated carbocycles. The van der Waals surface area contributed by atoms with E-state index in [1.165, 1.54) is 37.7 Å². The number of anilines is 1. The molecule has 39 heavy (non-hydrogen) atoms. The molecular weight excluding hydrogens is 512 g/mol. The molecule has 0 unspecified atom stereocenters. The van der Waals surface area contributed by atoms with Gasteiger partial charge in [-0.3, -0.25) is 0 Å². The number of aryl methyl sites for hydroxylation is 1. The molecule has 0 spiro atoms. The third-order valence-corrected chi connectivity index (χ3v) is 9.39. The fourth-order valence-electron chi connectivity index (χ4n) is 7.71. The average Bonchev–Trinajstić information content (AvgIpc) is 3.17. The third kappa shape index (κ3) is 4.96. The van der Waals surface area contributed by atoms with Crippen molar-refractivity contribution in [3.05, 3.63) is 81.6 Å². The Bertz CT molecular complexity index is 1430. The number of urea groups is 1. The van der Waals surface area contributed by atoms with Crippen LogP contribution < -0.4 is 10.7 Å². The van der Waals surface area contributed by atoms with Crippen LogP contribution in [0, 0.1) is 37.5 Å². The second-order valence-electron chi connectivity index (χ2n) is 11.5. The number of hydrogen-bond donors (Lipinski definition) is 3. The third-order valence-electron chi connectivity index (χ3n) is 9.06. The molecule has 4 aliphatic carbocycles. The molecule has 1 aromatic heterocycles. The number of carbonyl (C=O) groups excluding carboxylic acids is 1. The molecule has 7 nitrogen and oxygen atoms in total. The first-order valence-corrected chi connectivity index (χ1v) is 14.1. The van der Waals surface area contributed by atoms with Crippen LogP contribution in [0.1, 0.15) is 70.9 Å². The van der Waals surface area contributed by atoms with Crippen LogP contribution >= 0.6 is 11.6 Å². The van der Waals surface area contributed by atoms with Gasteiger partial charge in [-0.2, -0.15) is 5.10 Å². The van der Waals surface area contributed by atoms with E-state index in [0.29, 0.717) is 11.6 Å². The summed E-state index contributed by atoms with van der Waals surface area (Å²) in [6, 6.07) is 14.8. The lowest BCUT2D eigenvalue weighted by atomic mass is 9.51. The van der Waals surface area contributed by atoms with Crippen LogP contribution in [-0.2, 0) is 0 Å². The number of carbonyl (C=O) groups is 2. The summed E-state index contributed by atoms with van der Waals surface area (Å²) in [7, 11) is 0. The van der Waals surface area contributed by atoms with Gasteiger partial charge in [-0.25, -0.2) is 15.0 Å². The van der Waals surface area contributed by atoms with E-state index in [2.05, 4.69) is 28.0 Å². The smallest absolute Gasteiger partial charge is 0.339 e. The highest BCUT2D eigenvalue weighted by atomic mass is 35.5. The average molecular weight is 545 g/mol. The maximum Gasteiger partial charge on any atom is 0.339 e. The summed E-state index contributed by atoms with van der Waals surface area (Å²) >= 11 is 6.03. The van der Waals surface area contributed by atoms with Crippen molar-refractivity contribution in [2.45, 2.75) is 51.9 Å². The molecule has 3 aromatic rings. The largest absolute Gasteiger partial charge is 0.478 e. The number of carboxylic acid groups (broad SMARTS) is 1. The first-order valence-electron chi connectivity index (χ1n) is 13.7. The highest BCUT2D eigenvalue weighted by Crippen LogP contribution is 2.59. The Morgan fingerprint density at radius 2 is 1.64 bits per heavy atom. The predicted molar refractivity (Wildman–Crippen MR) is 153 cm³/mol. The fourth-order valence-corrected chi connectivity index (χ4v) is 7.91. The topological polar surface area (TPSA) is 95.7 Å². The quantitative estimate of drug-likeness (QED) is 0.227. The van der Waals surface area contributed by atoms with E-state index >= 15 is 0 Å². The highest BCUT2D eigenvalue weighted by molar-refractivity contribution is 6.33. The van der Waals surface area contributed by atoms with E-state index in [0.717, 1.165) is 46.3 Å². The number of amides is 2. The maximum atomic E-state index is 12.5. The zero-order chi connectivity index (χ0) is 27.3. The zero-order valence-electron chi connectivity index (χ0n) is 22.2. The van der Waals surface area contributed by atoms with Gasteiger partial charge in [-0.05, 0) is 118 Å². The lowest BCUT2D eigenvalue weighted by Crippen LogP contribution is -2.43. The number of carboxylic acids is 1. The van der Waals surface area contributed by atoms with Gasteiger partial charge < -0.3 is 15.0 Å². The highest BCUT2D eigenvalue weighted by Gasteiger charge is 2.48. The van der Waals surface area contributed by atoms with Crippen molar-refractivity contribution in [1.29, 1.82) is 0 Å². The van der Waals surface area contributed by atoms with Crippen molar-refractivity contribution in [1.82, 2.24) is 9.99 Å². The van der Waals surface area contributed by atoms with Crippen LogP contribution in [0.5, 0.6) is 0 Å². The van der Waals surface area contributed by atoms with Gasteiger partial charge in [-0.15, -0.1) is 0 Å². The zero-order valence-corrected chi connectivity index (χ0v) is 22.9. The van der Waals surface area contributed by atoms with E-state index < -0.39 is 12.0 Å². The number of aromatic carboxylic acids is 1. The molecule has 2 amide bonds. The van der Waals surface area contributed by atoms with Crippen LogP contribution in [-0.4, -0.2) is 27.9 Å². The predicted octanol–water partition coefficient (Wildman–Crippen LogP) is 7.14. The van der Waals surface area contributed by atoms with Gasteiger partial charge >= 0.3 is 12.0 Å². The van der Waals surface area contributed by atoms with Crippen molar-refractivity contribution >= 4 is 35.5 Å². The van der Waals surface area contributed by atoms with Crippen LogP contribution in [0.25, 0.3) is 5.69 Å². The molecule has 0 aliphatic heterocycles. The minimum absolute atomic E-state index is 0.0429. The van der Waals surface area contributed by atoms with Gasteiger partial charge in [0.25, 0.3) is 0 Å². The van der Waals surface area contributed by atoms with Crippen molar-refractivity contribution in [2.24, 2.45) is 28.8 Å². The number of rotatable bonds is 6. The SMILES string of the molecule is Cc1cc(/C=N/NC(=O)Nc2ccc(C3C4CC5CC(C4)CC3C5)cc2)c(C)n1-c1ccc(Cl)c(C(=O)O)c1. The van der Waals surface area contributed by atoms with Gasteiger partial charge in [-0.1, -0.05) is 23.7 Å². The van der Waals surface area contributed by atoms with Gasteiger partial charge in [0.2, 0.25) is 0 Å². The Morgan fingerprint density at radius 1 is 0.974 bits per heavy atom. The van der Waals surface area contributed by atoms with Gasteiger partial charge in [0.05, 0.1) is 16.8 Å². The molecule has 4 fully saturated rings. The molecule has 0 atom stereocenters. The number of nitrogens with one attached hydrogen (secondary N) is 2. The normalized spacial score (nSPS) is 25.3. The molecule has 3 N–H and O–H groups in total. The molecule has 1 heterocycles. The number of aromatic nitrogens is 1. The Labute approximate surface area is 233 Å². The summed E-state index contributed by atoms with van der Waals surface area (Å²) < 4.78 is 1.93. The summed E-state index contributed by atoms with van der Waals surface area (Å²) in [4.78, 5) is 24.0. The number of hydrazone groups is 1. The first kappa shape index (κ1) is 25.7. The molecule has 8 heteroatoms. The fraction of sp³-hybridized carbons (Fsp3) is 0.387. The van der Waals surface area contributed by atoms with Crippen molar-refractivity contribution < 1.29 is 14.7 Å². The Balaban J connectivity index is 1.08. The molecule has 202 valence electrons. The van der Waals surface area contributed by atoms with Crippen LogP contribution in [0.3, 0.4) is 0 Å². The van der Waals surface area contributed by atoms with Crippen LogP contribution in [0.2, 0.25) is 5.02 Å². The monoisotopic (exact) mass is 544 g/mol. The molecular formula is C31H33ClN4O3. The molecule has 0 saturated heterocycles. The van der Waals surface area contributed by atoms with Crippen molar-refractivity contribution in [3.8, 4) is 5.69 Å². The first-order chi connectivity index (χ1) is 18.8. The minimum atomic E-state index is -1.08. The standard InChI is InChI=1S/C31H33ClN4O3/c1-17-9-24(18(2)36(17)26-7-8-28(32)27(15-26)30(37)38)16-33-35-31(39)34-25-5-3-21(4-6-25)29-22-11-19-10-20(13-22)14-23(29)12-19/h3-9,15-16,19-20,22-23,29H,10-14H2,1-2H3,(H,37,38)(H2,34,35,39)/b33-16+. The second kappa shape index (κ2) is 10.2. The summed E-state index contributed by atoms with van der Waals surface area (Å²) in [5.74, 6) is 3.18. The van der Waals surface area contributed by atoms with Crippen LogP contribution in [0.15, 0.2) is 53.6 Å². The Kier molecular flexibility index (Phi) is 6.71. The Hall–Kier alpha value is -3.58. The number of nitrogens with zero attached hydrogens (tertiary/aromatic N) is 2. The lowest BCUT2D eigenvalue weighted by Gasteiger charge is -2.54. The number of hydrogen-bond acceptors (Lipinski definition) is 3. The number of halogens is 1. The minimum Gasteiger partial charge on any atom is -0.478 e. The van der Waals surface area contributed by atoms with E-state index in [4.69, 9.17) is 11.6 Å².